The molecule has 3 nitrogen and oxygen atoms in total. The van der Waals surface area contributed by atoms with E-state index >= 15 is 0 Å². The predicted molar refractivity (Wildman–Crippen MR) is 68.8 cm³/mol. The molecule has 0 spiro atoms. The van der Waals surface area contributed by atoms with Crippen molar-refractivity contribution < 1.29 is 13.9 Å². The number of rotatable bonds is 5. The predicted octanol–water partition coefficient (Wildman–Crippen LogP) is 3.92. The third-order valence-corrected chi connectivity index (χ3v) is 3.44. The topological polar surface area (TPSA) is 43.4 Å². The van der Waals surface area contributed by atoms with Gasteiger partial charge in [0, 0.05) is 0 Å². The van der Waals surface area contributed by atoms with Crippen LogP contribution in [0.15, 0.2) is 12.1 Å². The van der Waals surface area contributed by atoms with Gasteiger partial charge < -0.3 is 0 Å². The maximum Gasteiger partial charge on any atom is 0.593 e. The van der Waals surface area contributed by atoms with Crippen LogP contribution in [0.3, 0.4) is 0 Å². The first-order valence-corrected chi connectivity index (χ1v) is 6.87. The molecule has 0 aliphatic heterocycles. The highest BCUT2D eigenvalue weighted by Crippen LogP contribution is 2.31. The minimum Gasteiger partial charge on any atom is -0.231 e. The van der Waals surface area contributed by atoms with Gasteiger partial charge in [-0.1, -0.05) is 24.6 Å². The fourth-order valence-electron chi connectivity index (χ4n) is 1.84. The Morgan fingerprint density at radius 1 is 1.24 bits per heavy atom. The Kier molecular flexibility index (Phi) is 4.98. The summed E-state index contributed by atoms with van der Waals surface area (Å²) in [6.45, 7) is 7.95. The van der Waals surface area contributed by atoms with Gasteiger partial charge in [0.15, 0.2) is 0 Å². The second kappa shape index (κ2) is 6.04. The molecule has 0 amide bonds. The highest BCUT2D eigenvalue weighted by atomic mass is 31.1. The lowest BCUT2D eigenvalue weighted by Crippen LogP contribution is -2.02. The molecule has 0 heterocycles. The number of carbonyl (C=O) groups excluding carboxylic acids is 1. The first kappa shape index (κ1) is 14.0. The summed E-state index contributed by atoms with van der Waals surface area (Å²) in [5, 5.41) is 0. The minimum atomic E-state index is -2.25. The minimum absolute atomic E-state index is 0.352. The van der Waals surface area contributed by atoms with Crippen molar-refractivity contribution in [3.63, 3.8) is 0 Å². The Balaban J connectivity index is 3.00. The third kappa shape index (κ3) is 3.45. The van der Waals surface area contributed by atoms with Gasteiger partial charge in [-0.2, -0.15) is 0 Å². The largest absolute Gasteiger partial charge is 0.593 e. The smallest absolute Gasteiger partial charge is 0.231 e. The highest BCUT2D eigenvalue weighted by molar-refractivity contribution is 7.60. The lowest BCUT2D eigenvalue weighted by Gasteiger charge is -2.04. The zero-order valence-electron chi connectivity index (χ0n) is 10.7. The summed E-state index contributed by atoms with van der Waals surface area (Å²) in [6, 6.07) is 3.84. The molecule has 0 aliphatic carbocycles. The Hall–Kier alpha value is -1.05. The molecule has 0 aromatic heterocycles. The fourth-order valence-corrected chi connectivity index (χ4v) is 2.84. The zero-order chi connectivity index (χ0) is 13.0. The van der Waals surface area contributed by atoms with Crippen LogP contribution in [-0.4, -0.2) is 12.1 Å². The molecular weight excluding hydrogens is 235 g/mol. The van der Waals surface area contributed by atoms with E-state index < -0.39 is 13.6 Å². The lowest BCUT2D eigenvalue weighted by molar-refractivity contribution is 0.105. The second-order valence-electron chi connectivity index (χ2n) is 4.17. The van der Waals surface area contributed by atoms with Gasteiger partial charge in [0.05, 0.1) is 5.56 Å². The van der Waals surface area contributed by atoms with Crippen LogP contribution in [-0.2, 0) is 9.09 Å². The van der Waals surface area contributed by atoms with Gasteiger partial charge in [-0.15, -0.1) is 4.52 Å². The molecule has 1 unspecified atom stereocenters. The van der Waals surface area contributed by atoms with Crippen molar-refractivity contribution in [2.24, 2.45) is 0 Å². The molecule has 1 rings (SSSR count). The number of hydrogen-bond donors (Lipinski definition) is 0. The van der Waals surface area contributed by atoms with Gasteiger partial charge >= 0.3 is 13.6 Å². The van der Waals surface area contributed by atoms with E-state index in [-0.39, 0.29) is 0 Å². The molecule has 0 saturated heterocycles. The van der Waals surface area contributed by atoms with Crippen molar-refractivity contribution in [2.45, 2.75) is 34.1 Å². The third-order valence-electron chi connectivity index (χ3n) is 2.47. The molecule has 1 atom stereocenters. The molecule has 17 heavy (non-hydrogen) atoms. The van der Waals surface area contributed by atoms with Gasteiger partial charge in [-0.25, -0.2) is 4.79 Å². The molecule has 0 fully saturated rings. The van der Waals surface area contributed by atoms with Gasteiger partial charge in [0.25, 0.3) is 0 Å². The highest BCUT2D eigenvalue weighted by Gasteiger charge is 2.34. The quantitative estimate of drug-likeness (QED) is 0.747. The van der Waals surface area contributed by atoms with Crippen LogP contribution >= 0.6 is 8.03 Å². The zero-order valence-corrected chi connectivity index (χ0v) is 11.6. The number of benzene rings is 1. The number of aryl methyl sites for hydroxylation is 3. The van der Waals surface area contributed by atoms with E-state index in [1.807, 2.05) is 39.8 Å². The molecular formula is C13H18O3P+. The van der Waals surface area contributed by atoms with Gasteiger partial charge in [0.2, 0.25) is 0 Å². The van der Waals surface area contributed by atoms with Crippen LogP contribution in [0, 0.1) is 20.8 Å². The summed E-state index contributed by atoms with van der Waals surface area (Å²) >= 11 is 0. The van der Waals surface area contributed by atoms with Crippen LogP contribution in [0.4, 0.5) is 0 Å². The molecule has 92 valence electrons. The maximum atomic E-state index is 12.0. The van der Waals surface area contributed by atoms with Crippen molar-refractivity contribution >= 4 is 13.6 Å². The van der Waals surface area contributed by atoms with Crippen LogP contribution < -0.4 is 0 Å². The molecule has 0 saturated carbocycles. The Bertz CT molecular complexity index is 429. The van der Waals surface area contributed by atoms with Crippen LogP contribution in [0.2, 0.25) is 0 Å². The van der Waals surface area contributed by atoms with Crippen LogP contribution in [0.25, 0.3) is 0 Å². The van der Waals surface area contributed by atoms with E-state index in [9.17, 15) is 9.36 Å². The Labute approximate surface area is 103 Å². The summed E-state index contributed by atoms with van der Waals surface area (Å²) in [6.07, 6.45) is 0.750. The SMILES string of the molecule is CCCO[P+](=O)C(=O)c1c(C)cc(C)cc1C. The Morgan fingerprint density at radius 2 is 1.76 bits per heavy atom. The molecule has 0 bridgehead atoms. The van der Waals surface area contributed by atoms with Crippen molar-refractivity contribution in [3.05, 3.63) is 34.4 Å². The number of carbonyl (C=O) groups is 1. The molecule has 1 aromatic carbocycles. The van der Waals surface area contributed by atoms with Crippen LogP contribution in [0.5, 0.6) is 0 Å². The maximum absolute atomic E-state index is 12.0. The summed E-state index contributed by atoms with van der Waals surface area (Å²) < 4.78 is 16.7. The van der Waals surface area contributed by atoms with E-state index in [0.717, 1.165) is 23.1 Å². The average Bonchev–Trinajstić information content (AvgIpc) is 2.24. The van der Waals surface area contributed by atoms with Crippen LogP contribution in [0.1, 0.15) is 40.4 Å². The molecule has 0 aliphatic rings. The van der Waals surface area contributed by atoms with E-state index in [0.29, 0.717) is 12.2 Å². The summed E-state index contributed by atoms with van der Waals surface area (Å²) in [7, 11) is -2.25. The van der Waals surface area contributed by atoms with E-state index in [1.54, 1.807) is 0 Å². The average molecular weight is 253 g/mol. The normalized spacial score (nSPS) is 11.4. The first-order chi connectivity index (χ1) is 7.97. The molecule has 0 N–H and O–H groups in total. The molecule has 0 radical (unpaired) electrons. The first-order valence-electron chi connectivity index (χ1n) is 5.69. The second-order valence-corrected chi connectivity index (χ2v) is 5.35. The van der Waals surface area contributed by atoms with Gasteiger partial charge in [-0.3, -0.25) is 0 Å². The number of hydrogen-bond acceptors (Lipinski definition) is 3. The van der Waals surface area contributed by atoms with E-state index in [2.05, 4.69) is 0 Å². The fraction of sp³-hybridized carbons (Fsp3) is 0.462. The van der Waals surface area contributed by atoms with Crippen molar-refractivity contribution in [1.82, 2.24) is 0 Å². The summed E-state index contributed by atoms with van der Waals surface area (Å²) in [4.78, 5) is 12.0. The summed E-state index contributed by atoms with van der Waals surface area (Å²) in [5.41, 5.74) is 2.95. The molecule has 4 heteroatoms. The monoisotopic (exact) mass is 253 g/mol. The van der Waals surface area contributed by atoms with Crippen molar-refractivity contribution in [3.8, 4) is 0 Å². The van der Waals surface area contributed by atoms with Gasteiger partial charge in [-0.05, 0) is 42.9 Å². The standard InChI is InChI=1S/C13H18O3P/c1-5-6-16-17(15)13(14)12-10(3)7-9(2)8-11(12)4/h7-8H,5-6H2,1-4H3/q+1. The molecule has 1 aromatic rings. The lowest BCUT2D eigenvalue weighted by atomic mass is 10.0. The van der Waals surface area contributed by atoms with Crippen molar-refractivity contribution in [1.29, 1.82) is 0 Å². The summed E-state index contributed by atoms with van der Waals surface area (Å²) in [5.74, 6) is 0. The van der Waals surface area contributed by atoms with E-state index in [1.165, 1.54) is 0 Å². The van der Waals surface area contributed by atoms with E-state index in [4.69, 9.17) is 4.52 Å². The van der Waals surface area contributed by atoms with Gasteiger partial charge in [0.1, 0.15) is 6.61 Å². The Morgan fingerprint density at radius 3 is 2.24 bits per heavy atom. The van der Waals surface area contributed by atoms with Crippen molar-refractivity contribution in [2.75, 3.05) is 6.61 Å².